The number of hydrogen-bond donors (Lipinski definition) is 2. The molecule has 0 bridgehead atoms. The van der Waals surface area contributed by atoms with Crippen molar-refractivity contribution in [2.24, 2.45) is 4.99 Å². The molecule has 0 spiro atoms. The van der Waals surface area contributed by atoms with Gasteiger partial charge in [0.2, 0.25) is 0 Å². The summed E-state index contributed by atoms with van der Waals surface area (Å²) in [6.45, 7) is 0.814. The molecule has 3 heterocycles. The van der Waals surface area contributed by atoms with Crippen molar-refractivity contribution in [3.05, 3.63) is 62.5 Å². The van der Waals surface area contributed by atoms with E-state index in [1.54, 1.807) is 16.5 Å². The number of aliphatic carboxylic acids is 1. The molecule has 0 amide bonds. The van der Waals surface area contributed by atoms with Crippen molar-refractivity contribution >= 4 is 57.7 Å². The van der Waals surface area contributed by atoms with Gasteiger partial charge in [0.05, 0.1) is 25.9 Å². The third-order valence-electron chi connectivity index (χ3n) is 5.31. The topological polar surface area (TPSA) is 113 Å². The lowest BCUT2D eigenvalue weighted by molar-refractivity contribution is -0.149. The minimum absolute atomic E-state index is 0. The summed E-state index contributed by atoms with van der Waals surface area (Å²) in [6, 6.07) is 2.05. The highest BCUT2D eigenvalue weighted by Gasteiger charge is 2.37. The van der Waals surface area contributed by atoms with Crippen molar-refractivity contribution in [1.29, 1.82) is 0 Å². The van der Waals surface area contributed by atoms with Crippen molar-refractivity contribution in [3.8, 4) is 0 Å². The van der Waals surface area contributed by atoms with Crippen molar-refractivity contribution < 1.29 is 28.6 Å². The lowest BCUT2D eigenvalue weighted by Gasteiger charge is -2.35. The Morgan fingerprint density at radius 3 is 2.88 bits per heavy atom. The van der Waals surface area contributed by atoms with E-state index in [4.69, 9.17) is 21.1 Å². The second kappa shape index (κ2) is 11.4. The van der Waals surface area contributed by atoms with Crippen LogP contribution in [0.2, 0.25) is 5.02 Å². The zero-order chi connectivity index (χ0) is 23.5. The molecule has 4 rings (SSSR count). The molecule has 0 unspecified atom stereocenters. The third kappa shape index (κ3) is 5.47. The lowest BCUT2D eigenvalue weighted by atomic mass is 9.95. The number of carbonyl (C=O) groups excluding carboxylic acids is 1. The number of ether oxygens (including phenoxy) is 2. The lowest BCUT2D eigenvalue weighted by Crippen LogP contribution is -2.52. The number of halogens is 3. The Morgan fingerprint density at radius 2 is 2.24 bits per heavy atom. The van der Waals surface area contributed by atoms with Gasteiger partial charge in [-0.3, -0.25) is 14.7 Å². The van der Waals surface area contributed by atoms with Crippen LogP contribution < -0.4 is 5.32 Å². The Bertz CT molecular complexity index is 1130. The van der Waals surface area contributed by atoms with E-state index in [-0.39, 0.29) is 40.7 Å². The van der Waals surface area contributed by atoms with Gasteiger partial charge in [-0.25, -0.2) is 14.2 Å². The van der Waals surface area contributed by atoms with Gasteiger partial charge in [0.15, 0.2) is 10.8 Å². The van der Waals surface area contributed by atoms with Crippen LogP contribution in [0.25, 0.3) is 0 Å². The number of carboxylic acid groups (broad SMARTS) is 1. The number of aromatic nitrogens is 1. The Kier molecular flexibility index (Phi) is 8.77. The highest BCUT2D eigenvalue weighted by atomic mass is 79.9. The number of nitrogens with one attached hydrogen (secondary N) is 1. The van der Waals surface area contributed by atoms with Gasteiger partial charge in [-0.05, 0) is 12.1 Å². The summed E-state index contributed by atoms with van der Waals surface area (Å²) in [7, 11) is 1.24. The Balaban J connectivity index is 0.00000324. The average molecular weight is 576 g/mol. The second-order valence-electron chi connectivity index (χ2n) is 7.29. The normalized spacial score (nSPS) is 20.7. The van der Waals surface area contributed by atoms with E-state index in [1.165, 1.54) is 30.6 Å². The van der Waals surface area contributed by atoms with Crippen LogP contribution in [0.4, 0.5) is 4.39 Å². The van der Waals surface area contributed by atoms with E-state index in [1.807, 2.05) is 0 Å². The molecule has 2 aliphatic heterocycles. The summed E-state index contributed by atoms with van der Waals surface area (Å²) in [5, 5.41) is 15.2. The average Bonchev–Trinajstić information content (AvgIpc) is 3.33. The first-order valence-corrected chi connectivity index (χ1v) is 11.2. The molecule has 2 aliphatic rings. The molecule has 34 heavy (non-hydrogen) atoms. The van der Waals surface area contributed by atoms with Gasteiger partial charge < -0.3 is 19.9 Å². The number of thiazole rings is 1. The Labute approximate surface area is 214 Å². The minimum atomic E-state index is -1.03. The SMILES string of the molecule is Br.COC(=O)C1=C(CN2CCOC[C@H]2C(=O)O)NC(c2nccs2)=N[C@H]1c1ccc(F)cc1Cl. The van der Waals surface area contributed by atoms with Crippen LogP contribution >= 0.6 is 39.9 Å². The number of esters is 1. The first-order chi connectivity index (χ1) is 15.9. The molecule has 1 aromatic heterocycles. The molecular formula is C21H21BrClFN4O5S. The van der Waals surface area contributed by atoms with Crippen molar-refractivity contribution in [2.45, 2.75) is 12.1 Å². The number of rotatable bonds is 6. The van der Waals surface area contributed by atoms with Crippen LogP contribution in [0.5, 0.6) is 0 Å². The maximum absolute atomic E-state index is 13.7. The Hall–Kier alpha value is -2.38. The van der Waals surface area contributed by atoms with Gasteiger partial charge >= 0.3 is 11.9 Å². The largest absolute Gasteiger partial charge is 0.480 e. The van der Waals surface area contributed by atoms with Gasteiger partial charge in [0.25, 0.3) is 0 Å². The monoisotopic (exact) mass is 574 g/mol. The molecule has 9 nitrogen and oxygen atoms in total. The van der Waals surface area contributed by atoms with Crippen LogP contribution in [-0.2, 0) is 19.1 Å². The zero-order valence-electron chi connectivity index (χ0n) is 17.9. The van der Waals surface area contributed by atoms with E-state index < -0.39 is 29.8 Å². The van der Waals surface area contributed by atoms with Crippen LogP contribution in [0.3, 0.4) is 0 Å². The van der Waals surface area contributed by atoms with E-state index in [0.29, 0.717) is 35.3 Å². The molecule has 1 saturated heterocycles. The van der Waals surface area contributed by atoms with E-state index in [9.17, 15) is 19.1 Å². The quantitative estimate of drug-likeness (QED) is 0.506. The first kappa shape index (κ1) is 26.2. The fraction of sp³-hybridized carbons (Fsp3) is 0.333. The molecule has 0 radical (unpaired) electrons. The van der Waals surface area contributed by atoms with Crippen molar-refractivity contribution in [2.75, 3.05) is 33.4 Å². The molecule has 182 valence electrons. The summed E-state index contributed by atoms with van der Waals surface area (Å²) in [5.41, 5.74) is 0.964. The number of carboxylic acids is 1. The summed E-state index contributed by atoms with van der Waals surface area (Å²) < 4.78 is 24.1. The first-order valence-electron chi connectivity index (χ1n) is 9.94. The predicted octanol–water partition coefficient (Wildman–Crippen LogP) is 2.82. The molecule has 13 heteroatoms. The van der Waals surface area contributed by atoms with Crippen LogP contribution in [0.15, 0.2) is 46.0 Å². The second-order valence-corrected chi connectivity index (χ2v) is 8.59. The smallest absolute Gasteiger partial charge is 0.338 e. The van der Waals surface area contributed by atoms with Gasteiger partial charge in [0, 0.05) is 40.9 Å². The molecule has 1 aromatic carbocycles. The number of methoxy groups -OCH3 is 1. The number of hydrogen-bond acceptors (Lipinski definition) is 9. The molecule has 2 aromatic rings. The van der Waals surface area contributed by atoms with Gasteiger partial charge in [-0.2, -0.15) is 0 Å². The van der Waals surface area contributed by atoms with E-state index >= 15 is 0 Å². The fourth-order valence-corrected chi connectivity index (χ4v) is 4.58. The molecule has 0 saturated carbocycles. The zero-order valence-corrected chi connectivity index (χ0v) is 21.1. The van der Waals surface area contributed by atoms with Gasteiger partial charge in [-0.1, -0.05) is 17.7 Å². The number of morpholine rings is 1. The minimum Gasteiger partial charge on any atom is -0.480 e. The molecule has 2 N–H and O–H groups in total. The predicted molar refractivity (Wildman–Crippen MR) is 129 cm³/mol. The van der Waals surface area contributed by atoms with Crippen LogP contribution in [0.1, 0.15) is 16.6 Å². The third-order valence-corrected chi connectivity index (χ3v) is 6.42. The van der Waals surface area contributed by atoms with E-state index in [0.717, 1.165) is 6.07 Å². The van der Waals surface area contributed by atoms with E-state index in [2.05, 4.69) is 15.3 Å². The number of aliphatic imine (C=N–C) groups is 1. The van der Waals surface area contributed by atoms with Crippen molar-refractivity contribution in [3.63, 3.8) is 0 Å². The maximum Gasteiger partial charge on any atom is 0.338 e. The van der Waals surface area contributed by atoms with Crippen molar-refractivity contribution in [1.82, 2.24) is 15.2 Å². The van der Waals surface area contributed by atoms with Gasteiger partial charge in [0.1, 0.15) is 17.9 Å². The van der Waals surface area contributed by atoms with Crippen LogP contribution in [-0.4, -0.2) is 72.2 Å². The molecule has 2 atom stereocenters. The standard InChI is InChI=1S/C21H20ClFN4O5S.BrH/c1-31-21(30)16-14(9-27-5-6-32-10-15(27)20(28)29)25-18(19-24-4-7-33-19)26-17(16)12-3-2-11(23)8-13(12)22;/h2-4,7-8,15,17H,5-6,9-10H2,1H3,(H,25,26)(H,28,29);1H/t15-,17-;/m0./s1. The summed E-state index contributed by atoms with van der Waals surface area (Å²) in [6.07, 6.45) is 1.62. The van der Waals surface area contributed by atoms with Gasteiger partial charge in [-0.15, -0.1) is 28.3 Å². The molecular weight excluding hydrogens is 555 g/mol. The maximum atomic E-state index is 13.7. The molecule has 0 aliphatic carbocycles. The highest BCUT2D eigenvalue weighted by Crippen LogP contribution is 2.37. The van der Waals surface area contributed by atoms with Crippen LogP contribution in [0, 0.1) is 5.82 Å². The number of amidine groups is 1. The summed E-state index contributed by atoms with van der Waals surface area (Å²) >= 11 is 7.67. The fourth-order valence-electron chi connectivity index (χ4n) is 3.73. The number of carbonyl (C=O) groups is 2. The summed E-state index contributed by atoms with van der Waals surface area (Å²) in [5.74, 6) is -1.83. The number of benzene rings is 1. The Morgan fingerprint density at radius 1 is 1.44 bits per heavy atom. The molecule has 1 fully saturated rings. The number of nitrogens with zero attached hydrogens (tertiary/aromatic N) is 3. The highest BCUT2D eigenvalue weighted by molar-refractivity contribution is 8.93. The summed E-state index contributed by atoms with van der Waals surface area (Å²) in [4.78, 5) is 35.3.